The molecule has 2 heterocycles. The van der Waals surface area contributed by atoms with Gasteiger partial charge in [-0.25, -0.2) is 4.39 Å². The van der Waals surface area contributed by atoms with Gasteiger partial charge in [0, 0.05) is 21.1 Å². The largest absolute Gasteiger partial charge is 0.360 e. The molecule has 0 aliphatic carbocycles. The number of amides is 1. The van der Waals surface area contributed by atoms with Gasteiger partial charge in [0.05, 0.1) is 5.56 Å². The number of rotatable bonds is 2. The first-order chi connectivity index (χ1) is 11.6. The summed E-state index contributed by atoms with van der Waals surface area (Å²) in [5.74, 6) is -0.618. The molecule has 1 unspecified atom stereocenters. The Morgan fingerprint density at radius 2 is 1.88 bits per heavy atom. The lowest BCUT2D eigenvalue weighted by molar-refractivity contribution is 0.0975. The Labute approximate surface area is 143 Å². The molecular formula is C19H15FN2OS. The number of carbonyl (C=O) groups excluding carboxylic acids is 1. The minimum Gasteiger partial charge on any atom is -0.360 e. The van der Waals surface area contributed by atoms with Crippen molar-refractivity contribution in [1.82, 2.24) is 0 Å². The smallest absolute Gasteiger partial charge is 0.262 e. The standard InChI is InChI=1S/C19H15FN2OS/c1-12-7-10-17(24-12)18-21-16-9-8-13(20)11-15(16)19(23)22(18)14-5-3-2-4-6-14/h2-11,18,21H,1H3. The maximum absolute atomic E-state index is 13.6. The van der Waals surface area contributed by atoms with Gasteiger partial charge in [0.2, 0.25) is 0 Å². The van der Waals surface area contributed by atoms with Crippen LogP contribution in [-0.2, 0) is 0 Å². The molecule has 5 heteroatoms. The zero-order chi connectivity index (χ0) is 16.7. The van der Waals surface area contributed by atoms with Crippen LogP contribution >= 0.6 is 11.3 Å². The molecule has 0 bridgehead atoms. The van der Waals surface area contributed by atoms with Gasteiger partial charge < -0.3 is 5.32 Å². The molecule has 0 fully saturated rings. The molecule has 1 amide bonds. The van der Waals surface area contributed by atoms with Gasteiger partial charge in [0.15, 0.2) is 0 Å². The van der Waals surface area contributed by atoms with Crippen LogP contribution in [0.4, 0.5) is 15.8 Å². The highest BCUT2D eigenvalue weighted by Crippen LogP contribution is 2.38. The lowest BCUT2D eigenvalue weighted by atomic mass is 10.1. The summed E-state index contributed by atoms with van der Waals surface area (Å²) in [7, 11) is 0. The molecule has 24 heavy (non-hydrogen) atoms. The van der Waals surface area contributed by atoms with Crippen molar-refractivity contribution in [2.75, 3.05) is 10.2 Å². The molecule has 1 aliphatic rings. The molecule has 120 valence electrons. The number of thiophene rings is 1. The summed E-state index contributed by atoms with van der Waals surface area (Å²) < 4.78 is 13.6. The highest BCUT2D eigenvalue weighted by molar-refractivity contribution is 7.12. The number of benzene rings is 2. The third-order valence-electron chi connectivity index (χ3n) is 4.05. The minimum absolute atomic E-state index is 0.203. The van der Waals surface area contributed by atoms with Crippen molar-refractivity contribution < 1.29 is 9.18 Å². The number of fused-ring (bicyclic) bond motifs is 1. The number of anilines is 2. The number of nitrogens with one attached hydrogen (secondary N) is 1. The lowest BCUT2D eigenvalue weighted by Crippen LogP contribution is -2.42. The Morgan fingerprint density at radius 1 is 1.08 bits per heavy atom. The second kappa shape index (κ2) is 5.76. The van der Waals surface area contributed by atoms with Crippen molar-refractivity contribution in [3.63, 3.8) is 0 Å². The van der Waals surface area contributed by atoms with Gasteiger partial charge in [-0.05, 0) is 49.4 Å². The van der Waals surface area contributed by atoms with Crippen molar-refractivity contribution in [1.29, 1.82) is 0 Å². The summed E-state index contributed by atoms with van der Waals surface area (Å²) in [5, 5.41) is 3.38. The number of halogens is 1. The molecule has 1 aromatic heterocycles. The molecule has 0 radical (unpaired) electrons. The quantitative estimate of drug-likeness (QED) is 0.716. The fourth-order valence-electron chi connectivity index (χ4n) is 2.93. The van der Waals surface area contributed by atoms with Crippen molar-refractivity contribution in [2.45, 2.75) is 13.1 Å². The maximum atomic E-state index is 13.6. The van der Waals surface area contributed by atoms with E-state index in [0.29, 0.717) is 11.3 Å². The van der Waals surface area contributed by atoms with Crippen molar-refractivity contribution in [3.05, 3.63) is 81.8 Å². The topological polar surface area (TPSA) is 32.3 Å². The van der Waals surface area contributed by atoms with Crippen LogP contribution in [0.15, 0.2) is 60.7 Å². The molecular weight excluding hydrogens is 323 g/mol. The Bertz CT molecular complexity index is 907. The summed E-state index contributed by atoms with van der Waals surface area (Å²) in [6.07, 6.45) is -0.309. The molecule has 3 nitrogen and oxygen atoms in total. The van der Waals surface area contributed by atoms with E-state index in [-0.39, 0.29) is 12.1 Å². The van der Waals surface area contributed by atoms with Gasteiger partial charge in [-0.3, -0.25) is 9.69 Å². The van der Waals surface area contributed by atoms with Gasteiger partial charge >= 0.3 is 0 Å². The van der Waals surface area contributed by atoms with Crippen molar-refractivity contribution in [2.24, 2.45) is 0 Å². The summed E-state index contributed by atoms with van der Waals surface area (Å²) in [6, 6.07) is 17.8. The molecule has 0 saturated heterocycles. The summed E-state index contributed by atoms with van der Waals surface area (Å²) in [5.41, 5.74) is 1.79. The second-order valence-electron chi connectivity index (χ2n) is 5.70. The van der Waals surface area contributed by atoms with Crippen LogP contribution in [0.1, 0.15) is 26.3 Å². The molecule has 1 atom stereocenters. The minimum atomic E-state index is -0.415. The van der Waals surface area contributed by atoms with Crippen LogP contribution in [0, 0.1) is 12.7 Å². The highest BCUT2D eigenvalue weighted by Gasteiger charge is 2.35. The van der Waals surface area contributed by atoms with Crippen LogP contribution in [0.5, 0.6) is 0 Å². The second-order valence-corrected chi connectivity index (χ2v) is 7.02. The Kier molecular flexibility index (Phi) is 3.58. The molecule has 0 saturated carbocycles. The molecule has 4 rings (SSSR count). The first kappa shape index (κ1) is 14.9. The SMILES string of the molecule is Cc1ccc(C2Nc3ccc(F)cc3C(=O)N2c2ccccc2)s1. The number of hydrogen-bond donors (Lipinski definition) is 1. The predicted octanol–water partition coefficient (Wildman–Crippen LogP) is 4.97. The van der Waals surface area contributed by atoms with Crippen LogP contribution in [0.25, 0.3) is 0 Å². The van der Waals surface area contributed by atoms with E-state index in [1.54, 1.807) is 22.3 Å². The summed E-state index contributed by atoms with van der Waals surface area (Å²) >= 11 is 1.64. The van der Waals surface area contributed by atoms with E-state index in [2.05, 4.69) is 5.32 Å². The van der Waals surface area contributed by atoms with Gasteiger partial charge in [-0.1, -0.05) is 18.2 Å². The van der Waals surface area contributed by atoms with E-state index >= 15 is 0 Å². The fourth-order valence-corrected chi connectivity index (χ4v) is 3.85. The number of para-hydroxylation sites is 1. The third kappa shape index (κ3) is 2.47. The van der Waals surface area contributed by atoms with Crippen LogP contribution in [-0.4, -0.2) is 5.91 Å². The van der Waals surface area contributed by atoms with E-state index < -0.39 is 5.82 Å². The number of aryl methyl sites for hydroxylation is 1. The monoisotopic (exact) mass is 338 g/mol. The average molecular weight is 338 g/mol. The van der Waals surface area contributed by atoms with Crippen LogP contribution in [0.2, 0.25) is 0 Å². The fraction of sp³-hybridized carbons (Fsp3) is 0.105. The Hall–Kier alpha value is -2.66. The predicted molar refractivity (Wildman–Crippen MR) is 95.1 cm³/mol. The molecule has 2 aromatic carbocycles. The summed E-state index contributed by atoms with van der Waals surface area (Å²) in [4.78, 5) is 17.0. The number of hydrogen-bond acceptors (Lipinski definition) is 3. The zero-order valence-electron chi connectivity index (χ0n) is 13.0. The first-order valence-electron chi connectivity index (χ1n) is 7.64. The van der Waals surface area contributed by atoms with E-state index in [1.165, 1.54) is 17.0 Å². The highest BCUT2D eigenvalue weighted by atomic mass is 32.1. The molecule has 0 spiro atoms. The van der Waals surface area contributed by atoms with Gasteiger partial charge in [0.1, 0.15) is 12.0 Å². The van der Waals surface area contributed by atoms with Crippen LogP contribution in [0.3, 0.4) is 0 Å². The van der Waals surface area contributed by atoms with Gasteiger partial charge in [0.25, 0.3) is 5.91 Å². The lowest BCUT2D eigenvalue weighted by Gasteiger charge is -2.37. The number of carbonyl (C=O) groups is 1. The summed E-state index contributed by atoms with van der Waals surface area (Å²) in [6.45, 7) is 2.04. The Morgan fingerprint density at radius 3 is 2.58 bits per heavy atom. The van der Waals surface area contributed by atoms with E-state index in [1.807, 2.05) is 49.4 Å². The molecule has 1 N–H and O–H groups in total. The Balaban J connectivity index is 1.87. The molecule has 1 aliphatic heterocycles. The zero-order valence-corrected chi connectivity index (χ0v) is 13.8. The van der Waals surface area contributed by atoms with E-state index in [0.717, 1.165) is 10.6 Å². The van der Waals surface area contributed by atoms with Crippen molar-refractivity contribution in [3.8, 4) is 0 Å². The number of nitrogens with zero attached hydrogens (tertiary/aromatic N) is 1. The van der Waals surface area contributed by atoms with E-state index in [4.69, 9.17) is 0 Å². The first-order valence-corrected chi connectivity index (χ1v) is 8.46. The van der Waals surface area contributed by atoms with E-state index in [9.17, 15) is 9.18 Å². The molecule has 3 aromatic rings. The maximum Gasteiger partial charge on any atom is 0.262 e. The third-order valence-corrected chi connectivity index (χ3v) is 5.10. The normalized spacial score (nSPS) is 16.7. The van der Waals surface area contributed by atoms with Gasteiger partial charge in [-0.15, -0.1) is 11.3 Å². The average Bonchev–Trinajstić information content (AvgIpc) is 3.02. The van der Waals surface area contributed by atoms with Crippen LogP contribution < -0.4 is 10.2 Å². The van der Waals surface area contributed by atoms with Crippen molar-refractivity contribution >= 4 is 28.6 Å². The van der Waals surface area contributed by atoms with Gasteiger partial charge in [-0.2, -0.15) is 0 Å².